The molecule has 2 amide bonds. The van der Waals surface area contributed by atoms with Crippen LogP contribution in [-0.4, -0.2) is 17.9 Å². The Balaban J connectivity index is 2.25. The van der Waals surface area contributed by atoms with Gasteiger partial charge in [0, 0.05) is 12.1 Å². The molecule has 1 unspecified atom stereocenters. The molecular formula is C13H11F6N3O2. The van der Waals surface area contributed by atoms with Crippen molar-refractivity contribution < 1.29 is 35.9 Å². The van der Waals surface area contributed by atoms with E-state index in [0.717, 1.165) is 0 Å². The quantitative estimate of drug-likeness (QED) is 0.714. The Bertz CT molecular complexity index is 614. The number of hydrogen-bond donors (Lipinski definition) is 3. The van der Waals surface area contributed by atoms with Crippen molar-refractivity contribution in [2.24, 2.45) is 0 Å². The van der Waals surface area contributed by atoms with Crippen LogP contribution in [0.5, 0.6) is 0 Å². The van der Waals surface area contributed by atoms with E-state index < -0.39 is 41.1 Å². The van der Waals surface area contributed by atoms with E-state index in [1.54, 1.807) is 0 Å². The van der Waals surface area contributed by atoms with Gasteiger partial charge in [-0.05, 0) is 24.6 Å². The average molecular weight is 355 g/mol. The number of halogens is 6. The molecule has 1 aromatic carbocycles. The number of hydrazine groups is 1. The van der Waals surface area contributed by atoms with Crippen molar-refractivity contribution in [1.82, 2.24) is 10.9 Å². The van der Waals surface area contributed by atoms with Crippen LogP contribution in [0.25, 0.3) is 0 Å². The lowest BCUT2D eigenvalue weighted by atomic mass is 10.1. The zero-order valence-electron chi connectivity index (χ0n) is 11.8. The van der Waals surface area contributed by atoms with E-state index in [1.807, 2.05) is 5.32 Å². The minimum Gasteiger partial charge on any atom is -0.325 e. The Kier molecular flexibility index (Phi) is 4.74. The summed E-state index contributed by atoms with van der Waals surface area (Å²) in [5.41, 5.74) is 0.785. The van der Waals surface area contributed by atoms with Gasteiger partial charge < -0.3 is 5.32 Å². The number of hydrogen-bond acceptors (Lipinski definition) is 3. The summed E-state index contributed by atoms with van der Waals surface area (Å²) < 4.78 is 76.4. The number of anilines is 1. The molecule has 1 aliphatic rings. The topological polar surface area (TPSA) is 70.2 Å². The summed E-state index contributed by atoms with van der Waals surface area (Å²) in [7, 11) is 0. The minimum absolute atomic E-state index is 0.00147. The van der Waals surface area contributed by atoms with Gasteiger partial charge >= 0.3 is 12.4 Å². The van der Waals surface area contributed by atoms with E-state index in [9.17, 15) is 35.9 Å². The summed E-state index contributed by atoms with van der Waals surface area (Å²) in [6.07, 6.45) is -9.94. The Morgan fingerprint density at radius 2 is 1.58 bits per heavy atom. The highest BCUT2D eigenvalue weighted by atomic mass is 19.4. The number of alkyl halides is 6. The summed E-state index contributed by atoms with van der Waals surface area (Å²) in [5, 5.41) is 2.00. The Morgan fingerprint density at radius 1 is 1.04 bits per heavy atom. The third-order valence-electron chi connectivity index (χ3n) is 3.22. The Hall–Kier alpha value is -2.30. The van der Waals surface area contributed by atoms with Gasteiger partial charge in [0.25, 0.3) is 0 Å². The van der Waals surface area contributed by atoms with E-state index in [2.05, 4.69) is 10.9 Å². The van der Waals surface area contributed by atoms with E-state index in [4.69, 9.17) is 0 Å². The Labute approximate surface area is 131 Å². The fraction of sp³-hybridized carbons (Fsp3) is 0.385. The number of rotatable bonds is 2. The van der Waals surface area contributed by atoms with Crippen molar-refractivity contribution in [3.63, 3.8) is 0 Å². The van der Waals surface area contributed by atoms with Gasteiger partial charge in [-0.3, -0.25) is 15.0 Å². The minimum atomic E-state index is -5.00. The van der Waals surface area contributed by atoms with Gasteiger partial charge in [-0.2, -0.15) is 26.3 Å². The van der Waals surface area contributed by atoms with Gasteiger partial charge in [-0.1, -0.05) is 0 Å². The van der Waals surface area contributed by atoms with Gasteiger partial charge in [-0.25, -0.2) is 5.43 Å². The molecule has 1 aromatic rings. The highest BCUT2D eigenvalue weighted by Crippen LogP contribution is 2.37. The zero-order valence-corrected chi connectivity index (χ0v) is 11.8. The first-order chi connectivity index (χ1) is 11.0. The number of benzene rings is 1. The highest BCUT2D eigenvalue weighted by Gasteiger charge is 2.37. The van der Waals surface area contributed by atoms with Gasteiger partial charge in [0.05, 0.1) is 11.1 Å². The van der Waals surface area contributed by atoms with Crippen LogP contribution in [0.4, 0.5) is 32.0 Å². The molecule has 24 heavy (non-hydrogen) atoms. The number of amides is 2. The summed E-state index contributed by atoms with van der Waals surface area (Å²) in [5.74, 6) is -1.24. The van der Waals surface area contributed by atoms with Gasteiger partial charge in [0.15, 0.2) is 0 Å². The van der Waals surface area contributed by atoms with Gasteiger partial charge in [0.1, 0.15) is 6.04 Å². The fourth-order valence-electron chi connectivity index (χ4n) is 2.03. The molecular weight excluding hydrogens is 344 g/mol. The summed E-state index contributed by atoms with van der Waals surface area (Å²) >= 11 is 0. The maximum atomic E-state index is 12.7. The third-order valence-corrected chi connectivity index (χ3v) is 3.22. The van der Waals surface area contributed by atoms with Crippen LogP contribution in [0.1, 0.15) is 24.0 Å². The van der Waals surface area contributed by atoms with Crippen LogP contribution in [0.3, 0.4) is 0 Å². The predicted octanol–water partition coefficient (Wildman–Crippen LogP) is 2.45. The van der Waals surface area contributed by atoms with Crippen LogP contribution in [0.2, 0.25) is 0 Å². The molecule has 5 nitrogen and oxygen atoms in total. The van der Waals surface area contributed by atoms with Gasteiger partial charge in [-0.15, -0.1) is 0 Å². The number of carbonyl (C=O) groups is 2. The average Bonchev–Trinajstić information content (AvgIpc) is 2.45. The Morgan fingerprint density at radius 3 is 2.00 bits per heavy atom. The normalized spacial score (nSPS) is 18.9. The first kappa shape index (κ1) is 18.0. The van der Waals surface area contributed by atoms with Crippen LogP contribution < -0.4 is 16.2 Å². The van der Waals surface area contributed by atoms with E-state index in [0.29, 0.717) is 12.1 Å². The smallest absolute Gasteiger partial charge is 0.325 e. The molecule has 1 fully saturated rings. The van der Waals surface area contributed by atoms with Crippen molar-refractivity contribution >= 4 is 17.5 Å². The summed E-state index contributed by atoms with van der Waals surface area (Å²) in [6.45, 7) is 0. The van der Waals surface area contributed by atoms with E-state index in [-0.39, 0.29) is 24.8 Å². The van der Waals surface area contributed by atoms with E-state index in [1.165, 1.54) is 0 Å². The maximum Gasteiger partial charge on any atom is 0.416 e. The molecule has 132 valence electrons. The molecule has 0 spiro atoms. The second-order valence-corrected chi connectivity index (χ2v) is 5.07. The molecule has 3 N–H and O–H groups in total. The van der Waals surface area contributed by atoms with Crippen molar-refractivity contribution in [2.45, 2.75) is 31.2 Å². The summed E-state index contributed by atoms with van der Waals surface area (Å²) in [6, 6.07) is -0.177. The molecule has 0 radical (unpaired) electrons. The fourth-order valence-corrected chi connectivity index (χ4v) is 2.03. The van der Waals surface area contributed by atoms with Crippen molar-refractivity contribution in [3.05, 3.63) is 29.3 Å². The lowest BCUT2D eigenvalue weighted by molar-refractivity contribution is -0.143. The second-order valence-electron chi connectivity index (χ2n) is 5.07. The predicted molar refractivity (Wildman–Crippen MR) is 69.4 cm³/mol. The van der Waals surface area contributed by atoms with Crippen molar-refractivity contribution in [3.8, 4) is 0 Å². The molecule has 1 heterocycles. The lowest BCUT2D eigenvalue weighted by Crippen LogP contribution is -2.54. The van der Waals surface area contributed by atoms with Crippen LogP contribution in [0, 0.1) is 0 Å². The monoisotopic (exact) mass is 355 g/mol. The molecule has 0 aliphatic carbocycles. The molecule has 0 saturated carbocycles. The zero-order chi connectivity index (χ0) is 18.1. The molecule has 11 heteroatoms. The summed E-state index contributed by atoms with van der Waals surface area (Å²) in [4.78, 5) is 22.9. The van der Waals surface area contributed by atoms with E-state index >= 15 is 0 Å². The first-order valence-electron chi connectivity index (χ1n) is 6.61. The molecule has 1 saturated heterocycles. The first-order valence-corrected chi connectivity index (χ1v) is 6.61. The highest BCUT2D eigenvalue weighted by molar-refractivity contribution is 5.96. The molecule has 1 aliphatic heterocycles. The lowest BCUT2D eigenvalue weighted by Gasteiger charge is -2.23. The molecule has 1 atom stereocenters. The standard InChI is InChI=1S/C13H11F6N3O2/c14-12(15,16)6-3-7(13(17,18)19)5-8(4-6)20-11(24)9-1-2-10(23)22-21-9/h3-5,9,21H,1-2H2,(H,20,24)(H,22,23). The SMILES string of the molecule is O=C1CCC(C(=O)Nc2cc(C(F)(F)F)cc(C(F)(F)F)c2)NN1. The second kappa shape index (κ2) is 6.30. The van der Waals surface area contributed by atoms with Crippen LogP contribution in [0.15, 0.2) is 18.2 Å². The molecule has 2 rings (SSSR count). The molecule has 0 bridgehead atoms. The van der Waals surface area contributed by atoms with Crippen molar-refractivity contribution in [2.75, 3.05) is 5.32 Å². The third kappa shape index (κ3) is 4.37. The largest absolute Gasteiger partial charge is 0.416 e. The van der Waals surface area contributed by atoms with Crippen molar-refractivity contribution in [1.29, 1.82) is 0 Å². The van der Waals surface area contributed by atoms with Crippen LogP contribution >= 0.6 is 0 Å². The van der Waals surface area contributed by atoms with Gasteiger partial charge in [0.2, 0.25) is 11.8 Å². The van der Waals surface area contributed by atoms with Crippen LogP contribution in [-0.2, 0) is 21.9 Å². The number of carbonyl (C=O) groups excluding carboxylic acids is 2. The number of nitrogens with one attached hydrogen (secondary N) is 3. The molecule has 0 aromatic heterocycles. The maximum absolute atomic E-state index is 12.7.